The molecule has 4 aromatic rings. The molecule has 3 aromatic carbocycles. The Kier molecular flexibility index (Phi) is 9.21. The van der Waals surface area contributed by atoms with E-state index >= 15 is 0 Å². The average Bonchev–Trinajstić information content (AvgIpc) is 2.94. The normalized spacial score (nSPS) is 10.9. The molecule has 0 atom stereocenters. The van der Waals surface area contributed by atoms with Crippen LogP contribution >= 0.6 is 0 Å². The molecular weight excluding hydrogens is 523 g/mol. The highest BCUT2D eigenvalue weighted by atomic mass is 19.1. The van der Waals surface area contributed by atoms with E-state index in [2.05, 4.69) is 5.32 Å². The van der Waals surface area contributed by atoms with Crippen LogP contribution in [0.1, 0.15) is 30.9 Å². The van der Waals surface area contributed by atoms with Gasteiger partial charge in [0, 0.05) is 19.2 Å². The number of rotatable bonds is 10. The topological polar surface area (TPSA) is 82.9 Å². The first kappa shape index (κ1) is 28.4. The van der Waals surface area contributed by atoms with Crippen molar-refractivity contribution >= 4 is 28.6 Å². The van der Waals surface area contributed by atoms with Crippen LogP contribution in [0, 0.1) is 17.5 Å². The van der Waals surface area contributed by atoms with Gasteiger partial charge in [-0.15, -0.1) is 0 Å². The summed E-state index contributed by atoms with van der Waals surface area (Å²) < 4.78 is 46.6. The second-order valence-electron chi connectivity index (χ2n) is 9.29. The van der Waals surface area contributed by atoms with E-state index in [-0.39, 0.29) is 42.9 Å². The minimum atomic E-state index is -0.948. The maximum atomic E-state index is 14.2. The molecular formula is C30H28F3N3O4. The molecule has 3 amide bonds. The smallest absolute Gasteiger partial charge is 0.322 e. The number of benzene rings is 3. The van der Waals surface area contributed by atoms with E-state index in [1.165, 1.54) is 40.3 Å². The Morgan fingerprint density at radius 3 is 2.35 bits per heavy atom. The second kappa shape index (κ2) is 13.0. The highest BCUT2D eigenvalue weighted by Crippen LogP contribution is 2.17. The number of para-hydroxylation sites is 1. The fraction of sp³-hybridized carbons (Fsp3) is 0.233. The summed E-state index contributed by atoms with van der Waals surface area (Å²) in [6.07, 6.45) is 2.59. The summed E-state index contributed by atoms with van der Waals surface area (Å²) in [7, 11) is 0. The number of anilines is 1. The zero-order valence-electron chi connectivity index (χ0n) is 21.8. The van der Waals surface area contributed by atoms with Gasteiger partial charge in [0.2, 0.25) is 5.91 Å². The summed E-state index contributed by atoms with van der Waals surface area (Å²) in [5.74, 6) is -2.67. The van der Waals surface area contributed by atoms with E-state index in [0.29, 0.717) is 29.0 Å². The van der Waals surface area contributed by atoms with Crippen molar-refractivity contribution in [2.24, 2.45) is 0 Å². The number of carbonyl (C=O) groups excluding carboxylic acids is 2. The Hall–Kier alpha value is -4.60. The predicted octanol–water partition coefficient (Wildman–Crippen LogP) is 6.07. The molecule has 7 nitrogen and oxygen atoms in total. The summed E-state index contributed by atoms with van der Waals surface area (Å²) in [5.41, 5.74) is 0.719. The number of amides is 3. The molecule has 10 heteroatoms. The zero-order chi connectivity index (χ0) is 28.6. The molecule has 40 heavy (non-hydrogen) atoms. The third kappa shape index (κ3) is 7.07. The van der Waals surface area contributed by atoms with E-state index in [0.717, 1.165) is 18.6 Å². The van der Waals surface area contributed by atoms with E-state index < -0.39 is 29.4 Å². The average molecular weight is 552 g/mol. The molecule has 0 fully saturated rings. The lowest BCUT2D eigenvalue weighted by Gasteiger charge is -2.28. The minimum absolute atomic E-state index is 0.0290. The van der Waals surface area contributed by atoms with E-state index in [1.54, 1.807) is 24.3 Å². The largest absolute Gasteiger partial charge is 0.464 e. The maximum absolute atomic E-state index is 14.2. The third-order valence-electron chi connectivity index (χ3n) is 6.32. The Bertz CT molecular complexity index is 1560. The van der Waals surface area contributed by atoms with E-state index in [1.807, 2.05) is 6.92 Å². The lowest BCUT2D eigenvalue weighted by Crippen LogP contribution is -2.45. The summed E-state index contributed by atoms with van der Waals surface area (Å²) >= 11 is 0. The van der Waals surface area contributed by atoms with E-state index in [9.17, 15) is 27.6 Å². The van der Waals surface area contributed by atoms with Gasteiger partial charge in [0.1, 0.15) is 29.6 Å². The van der Waals surface area contributed by atoms with Gasteiger partial charge < -0.3 is 19.5 Å². The molecule has 0 aliphatic rings. The van der Waals surface area contributed by atoms with Crippen LogP contribution in [0.3, 0.4) is 0 Å². The summed E-state index contributed by atoms with van der Waals surface area (Å²) in [5, 5.41) is 2.75. The number of nitrogens with zero attached hydrogens (tertiary/aromatic N) is 2. The second-order valence-corrected chi connectivity index (χ2v) is 9.29. The first-order chi connectivity index (χ1) is 19.2. The standard InChI is InChI=1S/C30H28F3N3O4/c1-2-3-14-35(30(39)34-26-13-12-23(32)15-25(26)33)18-28(37)36(16-20-8-10-22(31)11-9-20)17-21-19-40-27-7-5-4-6-24(27)29(21)38/h4-13,15,19H,2-3,14,16-18H2,1H3,(H,34,39). The van der Waals surface area contributed by atoms with Crippen molar-refractivity contribution in [3.63, 3.8) is 0 Å². The first-order valence-electron chi connectivity index (χ1n) is 12.8. The molecule has 4 rings (SSSR count). The SMILES string of the molecule is CCCCN(CC(=O)N(Cc1ccc(F)cc1)Cc1coc2ccccc2c1=O)C(=O)Nc1ccc(F)cc1F. The Morgan fingerprint density at radius 2 is 1.62 bits per heavy atom. The maximum Gasteiger partial charge on any atom is 0.322 e. The Labute approximate surface area is 228 Å². The zero-order valence-corrected chi connectivity index (χ0v) is 21.8. The van der Waals surface area contributed by atoms with Gasteiger partial charge in [0.25, 0.3) is 0 Å². The molecule has 0 aliphatic heterocycles. The fourth-order valence-corrected chi connectivity index (χ4v) is 4.13. The van der Waals surface area contributed by atoms with Crippen LogP contribution in [-0.2, 0) is 17.9 Å². The van der Waals surface area contributed by atoms with Crippen LogP contribution < -0.4 is 10.7 Å². The van der Waals surface area contributed by atoms with Gasteiger partial charge in [-0.25, -0.2) is 18.0 Å². The van der Waals surface area contributed by atoms with Crippen molar-refractivity contribution < 1.29 is 27.2 Å². The summed E-state index contributed by atoms with van der Waals surface area (Å²) in [6, 6.07) is 14.3. The number of hydrogen-bond donors (Lipinski definition) is 1. The van der Waals surface area contributed by atoms with Crippen LogP contribution in [0.4, 0.5) is 23.7 Å². The fourth-order valence-electron chi connectivity index (χ4n) is 4.13. The Balaban J connectivity index is 1.59. The molecule has 0 bridgehead atoms. The number of fused-ring (bicyclic) bond motifs is 1. The monoisotopic (exact) mass is 551 g/mol. The van der Waals surface area contributed by atoms with Crippen LogP contribution in [0.2, 0.25) is 0 Å². The number of unbranched alkanes of at least 4 members (excludes halogenated alkanes) is 1. The summed E-state index contributed by atoms with van der Waals surface area (Å²) in [6.45, 7) is 1.63. The lowest BCUT2D eigenvalue weighted by molar-refractivity contribution is -0.133. The van der Waals surface area contributed by atoms with Crippen molar-refractivity contribution in [1.82, 2.24) is 9.80 Å². The van der Waals surface area contributed by atoms with Crippen LogP contribution in [0.5, 0.6) is 0 Å². The minimum Gasteiger partial charge on any atom is -0.464 e. The van der Waals surface area contributed by atoms with Crippen LogP contribution in [0.15, 0.2) is 82.2 Å². The van der Waals surface area contributed by atoms with Gasteiger partial charge in [0.15, 0.2) is 5.43 Å². The van der Waals surface area contributed by atoms with E-state index in [4.69, 9.17) is 4.42 Å². The van der Waals surface area contributed by atoms with Gasteiger partial charge in [-0.3, -0.25) is 9.59 Å². The summed E-state index contributed by atoms with van der Waals surface area (Å²) in [4.78, 5) is 42.4. The quantitative estimate of drug-likeness (QED) is 0.259. The molecule has 0 spiro atoms. The number of nitrogens with one attached hydrogen (secondary N) is 1. The number of hydrogen-bond acceptors (Lipinski definition) is 4. The van der Waals surface area contributed by atoms with Crippen LogP contribution in [0.25, 0.3) is 11.0 Å². The van der Waals surface area contributed by atoms with Crippen molar-refractivity contribution in [3.8, 4) is 0 Å². The van der Waals surface area contributed by atoms with Crippen LogP contribution in [-0.4, -0.2) is 34.8 Å². The molecule has 208 valence electrons. The van der Waals surface area contributed by atoms with Crippen molar-refractivity contribution in [2.45, 2.75) is 32.9 Å². The number of urea groups is 1. The predicted molar refractivity (Wildman–Crippen MR) is 145 cm³/mol. The number of halogens is 3. The van der Waals surface area contributed by atoms with Gasteiger partial charge in [-0.2, -0.15) is 0 Å². The first-order valence-corrected chi connectivity index (χ1v) is 12.8. The lowest BCUT2D eigenvalue weighted by atomic mass is 10.1. The Morgan fingerprint density at radius 1 is 0.900 bits per heavy atom. The molecule has 0 saturated heterocycles. The molecule has 0 radical (unpaired) electrons. The number of carbonyl (C=O) groups is 2. The molecule has 0 unspecified atom stereocenters. The van der Waals surface area contributed by atoms with Gasteiger partial charge in [-0.05, 0) is 48.4 Å². The van der Waals surface area contributed by atoms with Gasteiger partial charge >= 0.3 is 6.03 Å². The van der Waals surface area contributed by atoms with Crippen molar-refractivity contribution in [1.29, 1.82) is 0 Å². The molecule has 1 aromatic heterocycles. The highest BCUT2D eigenvalue weighted by Gasteiger charge is 2.24. The van der Waals surface area contributed by atoms with Crippen molar-refractivity contribution in [2.75, 3.05) is 18.4 Å². The molecule has 0 aliphatic carbocycles. The van der Waals surface area contributed by atoms with Gasteiger partial charge in [0.05, 0.1) is 29.4 Å². The van der Waals surface area contributed by atoms with Gasteiger partial charge in [-0.1, -0.05) is 37.6 Å². The molecule has 0 saturated carbocycles. The molecule has 1 N–H and O–H groups in total. The van der Waals surface area contributed by atoms with Crippen molar-refractivity contribution in [3.05, 3.63) is 112 Å². The highest BCUT2D eigenvalue weighted by molar-refractivity contribution is 5.92. The third-order valence-corrected chi connectivity index (χ3v) is 6.32. The molecule has 1 heterocycles.